The third-order valence-electron chi connectivity index (χ3n) is 3.53. The fourth-order valence-corrected chi connectivity index (χ4v) is 2.45. The van der Waals surface area contributed by atoms with E-state index in [1.54, 1.807) is 28.8 Å². The van der Waals surface area contributed by atoms with Crippen molar-refractivity contribution in [3.05, 3.63) is 53.1 Å². The summed E-state index contributed by atoms with van der Waals surface area (Å²) in [6.07, 6.45) is 0.0339. The Morgan fingerprint density at radius 1 is 1.17 bits per heavy atom. The maximum absolute atomic E-state index is 12.2. The first kappa shape index (κ1) is 15.8. The molecule has 2 aromatic heterocycles. The maximum Gasteiger partial charge on any atom is 0.252 e. The third-order valence-corrected chi connectivity index (χ3v) is 3.53. The summed E-state index contributed by atoms with van der Waals surface area (Å²) in [5.41, 5.74) is 2.88. The van der Waals surface area contributed by atoms with E-state index in [1.165, 1.54) is 6.92 Å². The maximum atomic E-state index is 12.2. The Kier molecular flexibility index (Phi) is 4.07. The van der Waals surface area contributed by atoms with Gasteiger partial charge in [0.15, 0.2) is 11.6 Å². The lowest BCUT2D eigenvalue weighted by Crippen LogP contribution is -2.15. The largest absolute Gasteiger partial charge is 0.326 e. The summed E-state index contributed by atoms with van der Waals surface area (Å²) in [4.78, 5) is 32.2. The van der Waals surface area contributed by atoms with Crippen molar-refractivity contribution >= 4 is 23.2 Å². The number of carbonyl (C=O) groups excluding carboxylic acids is 2. The highest BCUT2D eigenvalue weighted by molar-refractivity contribution is 5.97. The number of Topliss-reactive ketones (excluding diaryl/α,β-unsaturated/α-hetero) is 1. The molecule has 0 bridgehead atoms. The average molecular weight is 323 g/mol. The third kappa shape index (κ3) is 3.29. The molecule has 0 saturated heterocycles. The minimum atomic E-state index is -0.249. The van der Waals surface area contributed by atoms with Crippen molar-refractivity contribution in [2.75, 3.05) is 5.32 Å². The predicted octanol–water partition coefficient (Wildman–Crippen LogP) is 2.12. The quantitative estimate of drug-likeness (QED) is 0.743. The molecule has 24 heavy (non-hydrogen) atoms. The number of hydrogen-bond donors (Lipinski definition) is 1. The molecule has 0 aliphatic carbocycles. The molecule has 7 nitrogen and oxygen atoms in total. The van der Waals surface area contributed by atoms with Crippen LogP contribution in [0, 0.1) is 13.8 Å². The monoisotopic (exact) mass is 323 g/mol. The predicted molar refractivity (Wildman–Crippen MR) is 89.0 cm³/mol. The number of nitrogens with one attached hydrogen (secondary N) is 1. The molecule has 0 spiro atoms. The van der Waals surface area contributed by atoms with Crippen LogP contribution < -0.4 is 5.32 Å². The molecule has 1 amide bonds. The lowest BCUT2D eigenvalue weighted by molar-refractivity contribution is -0.115. The average Bonchev–Trinajstić information content (AvgIpc) is 2.89. The molecular formula is C17H17N5O2. The molecule has 3 aromatic rings. The van der Waals surface area contributed by atoms with Crippen molar-refractivity contribution in [3.63, 3.8) is 0 Å². The van der Waals surface area contributed by atoms with Crippen LogP contribution in [0.3, 0.4) is 0 Å². The zero-order valence-electron chi connectivity index (χ0n) is 13.7. The van der Waals surface area contributed by atoms with Gasteiger partial charge in [-0.1, -0.05) is 12.1 Å². The molecule has 0 radical (unpaired) electrons. The summed E-state index contributed by atoms with van der Waals surface area (Å²) in [5.74, 6) is 0.580. The second kappa shape index (κ2) is 6.19. The van der Waals surface area contributed by atoms with Crippen LogP contribution in [0.25, 0.3) is 5.78 Å². The van der Waals surface area contributed by atoms with Crippen LogP contribution >= 0.6 is 0 Å². The minimum Gasteiger partial charge on any atom is -0.326 e. The Morgan fingerprint density at radius 3 is 2.71 bits per heavy atom. The number of hydrogen-bond acceptors (Lipinski definition) is 5. The van der Waals surface area contributed by atoms with Gasteiger partial charge in [0.25, 0.3) is 5.78 Å². The van der Waals surface area contributed by atoms with Crippen LogP contribution in [0.15, 0.2) is 30.3 Å². The molecule has 0 aliphatic rings. The number of rotatable bonds is 4. The van der Waals surface area contributed by atoms with Crippen molar-refractivity contribution in [1.82, 2.24) is 19.6 Å². The second-order valence-corrected chi connectivity index (χ2v) is 5.64. The van der Waals surface area contributed by atoms with Crippen LogP contribution in [0.4, 0.5) is 5.69 Å². The Hall–Kier alpha value is -3.09. The van der Waals surface area contributed by atoms with E-state index < -0.39 is 0 Å². The summed E-state index contributed by atoms with van der Waals surface area (Å²) in [5, 5.41) is 7.06. The number of benzene rings is 1. The molecule has 7 heteroatoms. The molecule has 3 rings (SSSR count). The van der Waals surface area contributed by atoms with E-state index in [1.807, 2.05) is 19.9 Å². The van der Waals surface area contributed by atoms with Crippen LogP contribution in [0.5, 0.6) is 0 Å². The molecule has 122 valence electrons. The van der Waals surface area contributed by atoms with Gasteiger partial charge in [0.2, 0.25) is 5.91 Å². The molecule has 0 unspecified atom stereocenters. The SMILES string of the molecule is CC(=O)c1cccc(NC(=O)Cc2nc3nc(C)cc(C)n3n2)c1. The number of amides is 1. The van der Waals surface area contributed by atoms with Crippen molar-refractivity contribution < 1.29 is 9.59 Å². The van der Waals surface area contributed by atoms with Gasteiger partial charge in [0, 0.05) is 22.6 Å². The van der Waals surface area contributed by atoms with E-state index in [0.717, 1.165) is 11.4 Å². The standard InChI is InChI=1S/C17H17N5O2/c1-10-7-11(2)22-17(18-10)20-15(21-22)9-16(24)19-14-6-4-5-13(8-14)12(3)23/h4-8H,9H2,1-3H3,(H,19,24). The first-order chi connectivity index (χ1) is 11.4. The molecule has 0 fully saturated rings. The summed E-state index contributed by atoms with van der Waals surface area (Å²) in [6.45, 7) is 5.28. The molecule has 0 aliphatic heterocycles. The Balaban J connectivity index is 1.76. The zero-order chi connectivity index (χ0) is 17.3. The number of fused-ring (bicyclic) bond motifs is 1. The van der Waals surface area contributed by atoms with Gasteiger partial charge in [0.1, 0.15) is 0 Å². The van der Waals surface area contributed by atoms with E-state index >= 15 is 0 Å². The smallest absolute Gasteiger partial charge is 0.252 e. The normalized spacial score (nSPS) is 10.8. The second-order valence-electron chi connectivity index (χ2n) is 5.64. The Labute approximate surface area is 138 Å². The van der Waals surface area contributed by atoms with Crippen molar-refractivity contribution in [1.29, 1.82) is 0 Å². The summed E-state index contributed by atoms with van der Waals surface area (Å²) < 4.78 is 1.62. The van der Waals surface area contributed by atoms with Crippen LogP contribution in [0.1, 0.15) is 34.5 Å². The van der Waals surface area contributed by atoms with Crippen molar-refractivity contribution in [2.45, 2.75) is 27.2 Å². The van der Waals surface area contributed by atoms with Gasteiger partial charge in [-0.25, -0.2) is 9.50 Å². The van der Waals surface area contributed by atoms with Gasteiger partial charge in [-0.2, -0.15) is 4.98 Å². The number of ketones is 1. The molecule has 1 aromatic carbocycles. The number of aryl methyl sites for hydroxylation is 2. The van der Waals surface area contributed by atoms with Crippen molar-refractivity contribution in [3.8, 4) is 0 Å². The van der Waals surface area contributed by atoms with Gasteiger partial charge in [0.05, 0.1) is 6.42 Å². The lowest BCUT2D eigenvalue weighted by Gasteiger charge is -2.04. The van der Waals surface area contributed by atoms with Gasteiger partial charge in [-0.3, -0.25) is 9.59 Å². The number of aromatic nitrogens is 4. The molecule has 1 N–H and O–H groups in total. The Bertz CT molecular complexity index is 945. The minimum absolute atomic E-state index is 0.0339. The van der Waals surface area contributed by atoms with Gasteiger partial charge >= 0.3 is 0 Å². The molecule has 2 heterocycles. The topological polar surface area (TPSA) is 89.2 Å². The first-order valence-corrected chi connectivity index (χ1v) is 7.53. The number of nitrogens with zero attached hydrogens (tertiary/aromatic N) is 4. The molecule has 0 atom stereocenters. The van der Waals surface area contributed by atoms with Gasteiger partial charge < -0.3 is 5.32 Å². The van der Waals surface area contributed by atoms with Crippen molar-refractivity contribution in [2.24, 2.45) is 0 Å². The van der Waals surface area contributed by atoms with Gasteiger partial charge in [-0.05, 0) is 39.0 Å². The highest BCUT2D eigenvalue weighted by atomic mass is 16.1. The van der Waals surface area contributed by atoms with Gasteiger partial charge in [-0.15, -0.1) is 5.10 Å². The fourth-order valence-electron chi connectivity index (χ4n) is 2.45. The van der Waals surface area contributed by atoms with Crippen LogP contribution in [0.2, 0.25) is 0 Å². The fraction of sp³-hybridized carbons (Fsp3) is 0.235. The van der Waals surface area contributed by atoms with E-state index in [4.69, 9.17) is 0 Å². The summed E-state index contributed by atoms with van der Waals surface area (Å²) in [6, 6.07) is 8.71. The summed E-state index contributed by atoms with van der Waals surface area (Å²) >= 11 is 0. The molecule has 0 saturated carbocycles. The summed E-state index contributed by atoms with van der Waals surface area (Å²) in [7, 11) is 0. The van der Waals surface area contributed by atoms with Crippen LogP contribution in [-0.2, 0) is 11.2 Å². The zero-order valence-corrected chi connectivity index (χ0v) is 13.7. The molecular weight excluding hydrogens is 306 g/mol. The Morgan fingerprint density at radius 2 is 1.96 bits per heavy atom. The van der Waals surface area contributed by atoms with E-state index in [-0.39, 0.29) is 18.1 Å². The van der Waals surface area contributed by atoms with E-state index in [2.05, 4.69) is 20.4 Å². The number of carbonyl (C=O) groups is 2. The van der Waals surface area contributed by atoms with E-state index in [9.17, 15) is 9.59 Å². The lowest BCUT2D eigenvalue weighted by atomic mass is 10.1. The number of anilines is 1. The highest BCUT2D eigenvalue weighted by Gasteiger charge is 2.12. The highest BCUT2D eigenvalue weighted by Crippen LogP contribution is 2.12. The van der Waals surface area contributed by atoms with Crippen LogP contribution in [-0.4, -0.2) is 31.3 Å². The first-order valence-electron chi connectivity index (χ1n) is 7.53. The van der Waals surface area contributed by atoms with E-state index in [0.29, 0.717) is 22.9 Å².